The molecule has 1 aromatic carbocycles. The molecule has 4 unspecified atom stereocenters. The van der Waals surface area contributed by atoms with Crippen LogP contribution in [0.5, 0.6) is 0 Å². The lowest BCUT2D eigenvalue weighted by Crippen LogP contribution is -2.54. The van der Waals surface area contributed by atoms with Crippen molar-refractivity contribution in [3.63, 3.8) is 0 Å². The number of likely N-dealkylation sites (tertiary alicyclic amines) is 1. The predicted molar refractivity (Wildman–Crippen MR) is 142 cm³/mol. The second-order valence-corrected chi connectivity index (χ2v) is 11.2. The highest BCUT2D eigenvalue weighted by atomic mass is 32.1. The summed E-state index contributed by atoms with van der Waals surface area (Å²) in [5.41, 5.74) is 3.08. The molecule has 9 nitrogen and oxygen atoms in total. The van der Waals surface area contributed by atoms with Crippen LogP contribution < -0.4 is 5.32 Å². The SMILES string of the molecule is CN1CCN(C)C(c2ccc(NC(=O)C3CC4OCCC4N(C(=O)c4cc5sccc5[nH]4)C3)cc2)C1=O. The molecule has 0 spiro atoms. The summed E-state index contributed by atoms with van der Waals surface area (Å²) < 4.78 is 6.98. The van der Waals surface area contributed by atoms with E-state index in [1.165, 1.54) is 0 Å². The number of aromatic nitrogens is 1. The molecule has 4 atom stereocenters. The van der Waals surface area contributed by atoms with Crippen LogP contribution in [0, 0.1) is 5.92 Å². The summed E-state index contributed by atoms with van der Waals surface area (Å²) >= 11 is 1.59. The number of likely N-dealkylation sites (N-methyl/N-ethyl adjacent to an activating group) is 2. The molecule has 5 heterocycles. The van der Waals surface area contributed by atoms with Gasteiger partial charge in [0.05, 0.1) is 28.3 Å². The molecule has 3 aromatic rings. The zero-order chi connectivity index (χ0) is 25.7. The zero-order valence-corrected chi connectivity index (χ0v) is 21.8. The standard InChI is InChI=1S/C27H31N5O4S/c1-30-9-10-31(2)27(35)24(30)16-3-5-18(6-4-16)28-25(33)17-13-22-21(7-11-36-22)32(15-17)26(34)20-14-23-19(29-20)8-12-37-23/h3-6,8,12,14,17,21-22,24,29H,7,9-11,13,15H2,1-2H3,(H,28,33). The number of rotatable bonds is 4. The number of piperidine rings is 1. The lowest BCUT2D eigenvalue weighted by atomic mass is 9.89. The Labute approximate surface area is 219 Å². The van der Waals surface area contributed by atoms with Crippen LogP contribution in [0.3, 0.4) is 0 Å². The Kier molecular flexibility index (Phi) is 6.26. The van der Waals surface area contributed by atoms with Crippen LogP contribution in [0.4, 0.5) is 5.69 Å². The second-order valence-electron chi connectivity index (χ2n) is 10.3. The van der Waals surface area contributed by atoms with E-state index in [0.29, 0.717) is 37.5 Å². The van der Waals surface area contributed by atoms with Gasteiger partial charge in [-0.1, -0.05) is 12.1 Å². The Bertz CT molecular complexity index is 1310. The molecular formula is C27H31N5O4S. The molecule has 2 aromatic heterocycles. The van der Waals surface area contributed by atoms with E-state index in [1.54, 1.807) is 16.2 Å². The number of nitrogens with one attached hydrogen (secondary N) is 2. The van der Waals surface area contributed by atoms with Gasteiger partial charge in [-0.2, -0.15) is 0 Å². The van der Waals surface area contributed by atoms with Crippen LogP contribution in [-0.2, 0) is 14.3 Å². The Morgan fingerprint density at radius 2 is 1.95 bits per heavy atom. The van der Waals surface area contributed by atoms with Crippen molar-refractivity contribution in [2.45, 2.75) is 31.0 Å². The number of amides is 3. The molecule has 194 valence electrons. The predicted octanol–water partition coefficient (Wildman–Crippen LogP) is 2.93. The summed E-state index contributed by atoms with van der Waals surface area (Å²) in [5, 5.41) is 5.02. The van der Waals surface area contributed by atoms with Crippen molar-refractivity contribution in [1.82, 2.24) is 19.7 Å². The van der Waals surface area contributed by atoms with E-state index in [4.69, 9.17) is 4.74 Å². The topological polar surface area (TPSA) is 98.0 Å². The third-order valence-electron chi connectivity index (χ3n) is 7.94. The molecule has 6 rings (SSSR count). The van der Waals surface area contributed by atoms with E-state index in [1.807, 2.05) is 60.8 Å². The summed E-state index contributed by atoms with van der Waals surface area (Å²) in [6.45, 7) is 2.48. The quantitative estimate of drug-likeness (QED) is 0.550. The molecule has 3 saturated heterocycles. The number of aromatic amines is 1. The number of ether oxygens (including phenoxy) is 1. The molecular weight excluding hydrogens is 490 g/mol. The van der Waals surface area contributed by atoms with Gasteiger partial charge in [0, 0.05) is 39.0 Å². The summed E-state index contributed by atoms with van der Waals surface area (Å²) in [7, 11) is 3.78. The summed E-state index contributed by atoms with van der Waals surface area (Å²) in [6, 6.07) is 11.0. The van der Waals surface area contributed by atoms with Crippen molar-refractivity contribution in [2.24, 2.45) is 5.92 Å². The van der Waals surface area contributed by atoms with Gasteiger partial charge in [-0.3, -0.25) is 19.3 Å². The van der Waals surface area contributed by atoms with Crippen molar-refractivity contribution >= 4 is 45.0 Å². The first-order chi connectivity index (χ1) is 17.9. The number of carbonyl (C=O) groups is 3. The number of piperazine rings is 1. The summed E-state index contributed by atoms with van der Waals surface area (Å²) in [6.07, 6.45) is 1.23. The first-order valence-corrected chi connectivity index (χ1v) is 13.6. The normalized spacial score (nSPS) is 26.5. The van der Waals surface area contributed by atoms with Gasteiger partial charge in [0.2, 0.25) is 11.8 Å². The number of hydrogen-bond donors (Lipinski definition) is 2. The molecule has 0 bridgehead atoms. The van der Waals surface area contributed by atoms with Gasteiger partial charge in [-0.25, -0.2) is 0 Å². The van der Waals surface area contributed by atoms with E-state index in [9.17, 15) is 14.4 Å². The Morgan fingerprint density at radius 1 is 1.14 bits per heavy atom. The molecule has 3 aliphatic heterocycles. The Morgan fingerprint density at radius 3 is 2.73 bits per heavy atom. The Balaban J connectivity index is 1.16. The minimum Gasteiger partial charge on any atom is -0.376 e. The Hall–Kier alpha value is -3.21. The second kappa shape index (κ2) is 9.59. The van der Waals surface area contributed by atoms with Gasteiger partial charge in [0.1, 0.15) is 11.7 Å². The van der Waals surface area contributed by atoms with Crippen molar-refractivity contribution in [2.75, 3.05) is 45.7 Å². The van der Waals surface area contributed by atoms with Crippen molar-refractivity contribution in [3.05, 3.63) is 53.0 Å². The van der Waals surface area contributed by atoms with Gasteiger partial charge in [0.15, 0.2) is 0 Å². The van der Waals surface area contributed by atoms with Crippen LogP contribution in [0.1, 0.15) is 34.9 Å². The van der Waals surface area contributed by atoms with Gasteiger partial charge < -0.3 is 24.8 Å². The van der Waals surface area contributed by atoms with Gasteiger partial charge in [-0.15, -0.1) is 11.3 Å². The highest BCUT2D eigenvalue weighted by Crippen LogP contribution is 2.34. The maximum absolute atomic E-state index is 13.5. The number of H-pyrrole nitrogens is 1. The molecule has 0 saturated carbocycles. The van der Waals surface area contributed by atoms with Gasteiger partial charge >= 0.3 is 0 Å². The monoisotopic (exact) mass is 521 g/mol. The van der Waals surface area contributed by atoms with Crippen LogP contribution in [0.15, 0.2) is 41.8 Å². The number of fused-ring (bicyclic) bond motifs is 2. The molecule has 37 heavy (non-hydrogen) atoms. The van der Waals surface area contributed by atoms with E-state index < -0.39 is 0 Å². The van der Waals surface area contributed by atoms with Crippen LogP contribution >= 0.6 is 11.3 Å². The lowest BCUT2D eigenvalue weighted by molar-refractivity contribution is -0.139. The molecule has 0 aliphatic carbocycles. The largest absolute Gasteiger partial charge is 0.376 e. The molecule has 3 fully saturated rings. The lowest BCUT2D eigenvalue weighted by Gasteiger charge is -2.40. The fourth-order valence-corrected chi connectivity index (χ4v) is 6.61. The molecule has 2 N–H and O–H groups in total. The van der Waals surface area contributed by atoms with Gasteiger partial charge in [-0.05, 0) is 55.1 Å². The maximum Gasteiger partial charge on any atom is 0.270 e. The zero-order valence-electron chi connectivity index (χ0n) is 21.0. The maximum atomic E-state index is 13.5. The summed E-state index contributed by atoms with van der Waals surface area (Å²) in [5.74, 6) is -0.515. The average Bonchev–Trinajstić information content (AvgIpc) is 3.63. The number of nitrogens with zero attached hydrogens (tertiary/aromatic N) is 3. The highest BCUT2D eigenvalue weighted by Gasteiger charge is 2.44. The van der Waals surface area contributed by atoms with E-state index in [0.717, 1.165) is 28.7 Å². The fraction of sp³-hybridized carbons (Fsp3) is 0.444. The fourth-order valence-electron chi connectivity index (χ4n) is 5.82. The molecule has 3 amide bonds. The van der Waals surface area contributed by atoms with Crippen LogP contribution in [0.2, 0.25) is 0 Å². The number of carbonyl (C=O) groups excluding carboxylic acids is 3. The van der Waals surface area contributed by atoms with E-state index in [-0.39, 0.29) is 41.8 Å². The van der Waals surface area contributed by atoms with Crippen molar-refractivity contribution in [3.8, 4) is 0 Å². The van der Waals surface area contributed by atoms with E-state index in [2.05, 4.69) is 15.2 Å². The summed E-state index contributed by atoms with van der Waals surface area (Å²) in [4.78, 5) is 48.3. The smallest absolute Gasteiger partial charge is 0.270 e. The van der Waals surface area contributed by atoms with Crippen LogP contribution in [-0.4, -0.2) is 89.9 Å². The van der Waals surface area contributed by atoms with Crippen molar-refractivity contribution in [1.29, 1.82) is 0 Å². The third-order valence-corrected chi connectivity index (χ3v) is 8.81. The minimum absolute atomic E-state index is 0.0136. The minimum atomic E-state index is -0.376. The molecule has 0 radical (unpaired) electrons. The third kappa shape index (κ3) is 4.43. The average molecular weight is 522 g/mol. The van der Waals surface area contributed by atoms with Gasteiger partial charge in [0.25, 0.3) is 5.91 Å². The number of benzene rings is 1. The number of thiophene rings is 1. The highest BCUT2D eigenvalue weighted by molar-refractivity contribution is 7.17. The molecule has 10 heteroatoms. The van der Waals surface area contributed by atoms with Crippen molar-refractivity contribution < 1.29 is 19.1 Å². The first-order valence-electron chi connectivity index (χ1n) is 12.7. The van der Waals surface area contributed by atoms with E-state index >= 15 is 0 Å². The first kappa shape index (κ1) is 24.1. The number of anilines is 1. The molecule has 3 aliphatic rings. The number of hydrogen-bond acceptors (Lipinski definition) is 6. The van der Waals surface area contributed by atoms with Crippen LogP contribution in [0.25, 0.3) is 10.2 Å².